The average molecular weight is 370 g/mol. The number of ether oxygens (including phenoxy) is 1. The molecule has 1 aliphatic carbocycles. The molecule has 2 bridgehead atoms. The van der Waals surface area contributed by atoms with Crippen LogP contribution in [0.3, 0.4) is 0 Å². The molecule has 2 heterocycles. The van der Waals surface area contributed by atoms with Gasteiger partial charge in [0, 0.05) is 6.04 Å². The Balaban J connectivity index is 1.58. The Labute approximate surface area is 159 Å². The summed E-state index contributed by atoms with van der Waals surface area (Å²) in [5.74, 6) is 0.161. The summed E-state index contributed by atoms with van der Waals surface area (Å²) in [6.07, 6.45) is 1.58. The molecule has 0 radical (unpaired) electrons. The van der Waals surface area contributed by atoms with Gasteiger partial charge in [0.2, 0.25) is 0 Å². The van der Waals surface area contributed by atoms with Crippen LogP contribution in [0.25, 0.3) is 0 Å². The molecular weight excluding hydrogens is 344 g/mol. The van der Waals surface area contributed by atoms with Crippen molar-refractivity contribution < 1.29 is 19.1 Å². The summed E-state index contributed by atoms with van der Waals surface area (Å²) < 4.78 is 5.63. The van der Waals surface area contributed by atoms with Gasteiger partial charge in [-0.05, 0) is 57.6 Å². The number of rotatable bonds is 2. The lowest BCUT2D eigenvalue weighted by Crippen LogP contribution is -2.54. The molecule has 1 aromatic rings. The minimum Gasteiger partial charge on any atom is -0.444 e. The highest BCUT2D eigenvalue weighted by molar-refractivity contribution is 6.21. The van der Waals surface area contributed by atoms with Crippen molar-refractivity contribution in [2.45, 2.75) is 58.2 Å². The van der Waals surface area contributed by atoms with Crippen LogP contribution in [0.4, 0.5) is 4.79 Å². The maximum atomic E-state index is 12.9. The first kappa shape index (κ1) is 18.0. The zero-order chi connectivity index (χ0) is 19.5. The van der Waals surface area contributed by atoms with Crippen molar-refractivity contribution in [1.29, 1.82) is 0 Å². The van der Waals surface area contributed by atoms with E-state index < -0.39 is 5.60 Å². The number of hydrogen-bond acceptors (Lipinski definition) is 4. The summed E-state index contributed by atoms with van der Waals surface area (Å²) in [5.41, 5.74) is 0.313. The van der Waals surface area contributed by atoms with Gasteiger partial charge in [0.15, 0.2) is 0 Å². The van der Waals surface area contributed by atoms with Crippen molar-refractivity contribution in [3.8, 4) is 0 Å². The van der Waals surface area contributed by atoms with Crippen molar-refractivity contribution >= 4 is 17.9 Å². The molecule has 3 aliphatic rings. The van der Waals surface area contributed by atoms with Gasteiger partial charge in [0.1, 0.15) is 5.60 Å². The topological polar surface area (TPSA) is 66.9 Å². The van der Waals surface area contributed by atoms with Crippen LogP contribution in [-0.4, -0.2) is 51.9 Å². The van der Waals surface area contributed by atoms with E-state index in [4.69, 9.17) is 4.74 Å². The number of imide groups is 1. The lowest BCUT2D eigenvalue weighted by atomic mass is 9.93. The number of amides is 3. The molecule has 0 N–H and O–H groups in total. The highest BCUT2D eigenvalue weighted by atomic mass is 16.6. The Bertz CT molecular complexity index is 778. The summed E-state index contributed by atoms with van der Waals surface area (Å²) in [4.78, 5) is 41.5. The lowest BCUT2D eigenvalue weighted by molar-refractivity contribution is -0.00340. The first-order chi connectivity index (χ1) is 12.7. The maximum absolute atomic E-state index is 12.9. The fraction of sp³-hybridized carbons (Fsp3) is 0.571. The summed E-state index contributed by atoms with van der Waals surface area (Å²) in [6.45, 7) is 7.94. The van der Waals surface area contributed by atoms with E-state index in [-0.39, 0.29) is 36.5 Å². The second-order valence-corrected chi connectivity index (χ2v) is 9.00. The maximum Gasteiger partial charge on any atom is 0.410 e. The largest absolute Gasteiger partial charge is 0.444 e. The van der Waals surface area contributed by atoms with Crippen molar-refractivity contribution in [3.05, 3.63) is 35.4 Å². The van der Waals surface area contributed by atoms with Gasteiger partial charge in [0.25, 0.3) is 11.8 Å². The van der Waals surface area contributed by atoms with Crippen LogP contribution >= 0.6 is 0 Å². The third-order valence-corrected chi connectivity index (χ3v) is 5.99. The molecule has 3 amide bonds. The Kier molecular flexibility index (Phi) is 4.05. The molecule has 144 valence electrons. The normalized spacial score (nSPS) is 29.5. The molecule has 1 aromatic carbocycles. The second kappa shape index (κ2) is 6.08. The quantitative estimate of drug-likeness (QED) is 0.749. The van der Waals surface area contributed by atoms with Crippen LogP contribution in [-0.2, 0) is 4.74 Å². The van der Waals surface area contributed by atoms with Crippen LogP contribution in [0, 0.1) is 11.8 Å². The lowest BCUT2D eigenvalue weighted by Gasteiger charge is -2.40. The molecule has 6 heteroatoms. The molecule has 0 aromatic heterocycles. The van der Waals surface area contributed by atoms with Crippen LogP contribution < -0.4 is 0 Å². The Morgan fingerprint density at radius 1 is 1.11 bits per heavy atom. The van der Waals surface area contributed by atoms with E-state index in [1.54, 1.807) is 29.2 Å². The van der Waals surface area contributed by atoms with Crippen molar-refractivity contribution in [2.24, 2.45) is 11.8 Å². The van der Waals surface area contributed by atoms with E-state index >= 15 is 0 Å². The van der Waals surface area contributed by atoms with Crippen LogP contribution in [0.5, 0.6) is 0 Å². The number of nitrogens with zero attached hydrogens (tertiary/aromatic N) is 2. The smallest absolute Gasteiger partial charge is 0.410 e. The molecule has 1 saturated carbocycles. The van der Waals surface area contributed by atoms with Crippen molar-refractivity contribution in [3.63, 3.8) is 0 Å². The zero-order valence-corrected chi connectivity index (χ0v) is 16.3. The predicted molar refractivity (Wildman–Crippen MR) is 99.3 cm³/mol. The Morgan fingerprint density at radius 3 is 2.26 bits per heavy atom. The molecule has 1 saturated heterocycles. The second-order valence-electron chi connectivity index (χ2n) is 9.00. The number of piperidine rings is 1. The van der Waals surface area contributed by atoms with Gasteiger partial charge in [0.05, 0.1) is 23.7 Å². The number of likely N-dealkylation sites (tertiary alicyclic amines) is 1. The van der Waals surface area contributed by atoms with Gasteiger partial charge in [-0.25, -0.2) is 4.79 Å². The number of fused-ring (bicyclic) bond motifs is 3. The van der Waals surface area contributed by atoms with Gasteiger partial charge >= 0.3 is 6.09 Å². The zero-order valence-electron chi connectivity index (χ0n) is 16.3. The van der Waals surface area contributed by atoms with E-state index in [0.29, 0.717) is 23.0 Å². The molecule has 6 nitrogen and oxygen atoms in total. The van der Waals surface area contributed by atoms with E-state index in [9.17, 15) is 14.4 Å². The SMILES string of the molecule is C[C@H]1C[C@@H]2C[C@H]1N(C(=O)OC(C)(C)C)[C@H]2CN1C(=O)c2ccccc2C1=O. The minimum atomic E-state index is -0.581. The predicted octanol–water partition coefficient (Wildman–Crippen LogP) is 3.32. The van der Waals surface area contributed by atoms with Crippen molar-refractivity contribution in [1.82, 2.24) is 9.80 Å². The fourth-order valence-electron chi connectivity index (χ4n) is 4.86. The van der Waals surface area contributed by atoms with Crippen LogP contribution in [0.15, 0.2) is 24.3 Å². The summed E-state index contributed by atoms with van der Waals surface area (Å²) in [7, 11) is 0. The first-order valence-electron chi connectivity index (χ1n) is 9.64. The monoisotopic (exact) mass is 370 g/mol. The summed E-state index contributed by atoms with van der Waals surface area (Å²) in [6, 6.07) is 6.83. The number of hydrogen-bond donors (Lipinski definition) is 0. The Morgan fingerprint density at radius 2 is 1.70 bits per heavy atom. The van der Waals surface area contributed by atoms with Gasteiger partial charge in [-0.3, -0.25) is 19.4 Å². The van der Waals surface area contributed by atoms with Gasteiger partial charge in [-0.2, -0.15) is 0 Å². The Hall–Kier alpha value is -2.37. The van der Waals surface area contributed by atoms with E-state index in [1.807, 2.05) is 20.8 Å². The highest BCUT2D eigenvalue weighted by Crippen LogP contribution is 2.47. The van der Waals surface area contributed by atoms with E-state index in [2.05, 4.69) is 6.92 Å². The molecular formula is C21H26N2O4. The van der Waals surface area contributed by atoms with E-state index in [0.717, 1.165) is 12.8 Å². The van der Waals surface area contributed by atoms with Crippen molar-refractivity contribution in [2.75, 3.05) is 6.54 Å². The summed E-state index contributed by atoms with van der Waals surface area (Å²) >= 11 is 0. The minimum absolute atomic E-state index is 0.116. The number of carbonyl (C=O) groups is 3. The molecule has 4 atom stereocenters. The molecule has 27 heavy (non-hydrogen) atoms. The van der Waals surface area contributed by atoms with Crippen LogP contribution in [0.2, 0.25) is 0 Å². The average Bonchev–Trinajstić information content (AvgIpc) is 3.20. The van der Waals surface area contributed by atoms with Gasteiger partial charge in [-0.1, -0.05) is 19.1 Å². The molecule has 2 aliphatic heterocycles. The molecule has 0 spiro atoms. The molecule has 2 fully saturated rings. The highest BCUT2D eigenvalue weighted by Gasteiger charge is 2.54. The summed E-state index contributed by atoms with van der Waals surface area (Å²) in [5, 5.41) is 0. The molecule has 0 unspecified atom stereocenters. The molecule has 4 rings (SSSR count). The number of benzene rings is 1. The number of carbonyl (C=O) groups excluding carboxylic acids is 3. The first-order valence-corrected chi connectivity index (χ1v) is 9.64. The fourth-order valence-corrected chi connectivity index (χ4v) is 4.86. The van der Waals surface area contributed by atoms with E-state index in [1.165, 1.54) is 4.90 Å². The standard InChI is InChI=1S/C21H26N2O4/c1-12-9-13-10-16(12)23(20(26)27-21(2,3)4)17(13)11-22-18(24)14-7-5-6-8-15(14)19(22)25/h5-8,12-13,16-17H,9-11H2,1-4H3/t12-,13+,16+,17-/m0/s1. The van der Waals surface area contributed by atoms with Gasteiger partial charge < -0.3 is 4.74 Å². The van der Waals surface area contributed by atoms with Crippen LogP contribution in [0.1, 0.15) is 61.3 Å². The van der Waals surface area contributed by atoms with Gasteiger partial charge in [-0.15, -0.1) is 0 Å². The third-order valence-electron chi connectivity index (χ3n) is 5.99. The third kappa shape index (κ3) is 2.91.